The standard InChI is InChI=1S/C14H11FO5/c1-19-13(17)8-6-10(14(18)20-7-8)12(16)9-4-2-3-5-11(9)15/h2-7,12,16H,1H3. The molecule has 104 valence electrons. The number of hydrogen-bond donors (Lipinski definition) is 1. The summed E-state index contributed by atoms with van der Waals surface area (Å²) in [5, 5.41) is 10.1. The van der Waals surface area contributed by atoms with Gasteiger partial charge in [-0.1, -0.05) is 18.2 Å². The molecule has 0 fully saturated rings. The number of hydrogen-bond acceptors (Lipinski definition) is 5. The summed E-state index contributed by atoms with van der Waals surface area (Å²) in [4.78, 5) is 23.0. The van der Waals surface area contributed by atoms with Crippen LogP contribution in [-0.4, -0.2) is 18.2 Å². The number of benzene rings is 1. The van der Waals surface area contributed by atoms with Crippen LogP contribution in [0, 0.1) is 5.82 Å². The number of methoxy groups -OCH3 is 1. The Morgan fingerprint density at radius 1 is 1.35 bits per heavy atom. The molecule has 0 radical (unpaired) electrons. The van der Waals surface area contributed by atoms with Crippen LogP contribution in [0.4, 0.5) is 4.39 Å². The highest BCUT2D eigenvalue weighted by Crippen LogP contribution is 2.22. The fourth-order valence-corrected chi connectivity index (χ4v) is 1.73. The summed E-state index contributed by atoms with van der Waals surface area (Å²) in [6, 6.07) is 6.59. The molecular formula is C14H11FO5. The molecule has 1 aromatic heterocycles. The molecule has 0 aliphatic rings. The van der Waals surface area contributed by atoms with Crippen LogP contribution < -0.4 is 5.63 Å². The lowest BCUT2D eigenvalue weighted by atomic mass is 10.0. The summed E-state index contributed by atoms with van der Waals surface area (Å²) >= 11 is 0. The molecule has 0 spiro atoms. The molecule has 0 aliphatic heterocycles. The Morgan fingerprint density at radius 3 is 2.70 bits per heavy atom. The molecule has 5 nitrogen and oxygen atoms in total. The third-order valence-corrected chi connectivity index (χ3v) is 2.76. The van der Waals surface area contributed by atoms with Crippen LogP contribution in [0.1, 0.15) is 27.6 Å². The van der Waals surface area contributed by atoms with Crippen molar-refractivity contribution in [1.29, 1.82) is 0 Å². The normalized spacial score (nSPS) is 11.9. The largest absolute Gasteiger partial charge is 0.465 e. The van der Waals surface area contributed by atoms with E-state index in [1.807, 2.05) is 0 Å². The Bertz CT molecular complexity index is 692. The number of halogens is 1. The average Bonchev–Trinajstić information content (AvgIpc) is 2.46. The van der Waals surface area contributed by atoms with Crippen molar-refractivity contribution in [2.75, 3.05) is 7.11 Å². The van der Waals surface area contributed by atoms with Gasteiger partial charge < -0.3 is 14.3 Å². The fraction of sp³-hybridized carbons (Fsp3) is 0.143. The Labute approximate surface area is 113 Å². The summed E-state index contributed by atoms with van der Waals surface area (Å²) < 4.78 is 22.7. The van der Waals surface area contributed by atoms with Gasteiger partial charge in [-0.05, 0) is 12.1 Å². The van der Waals surface area contributed by atoms with E-state index in [1.54, 1.807) is 0 Å². The first-order chi connectivity index (χ1) is 9.54. The number of rotatable bonds is 3. The number of carbonyl (C=O) groups excluding carboxylic acids is 1. The lowest BCUT2D eigenvalue weighted by Crippen LogP contribution is -2.16. The molecule has 0 bridgehead atoms. The predicted octanol–water partition coefficient (Wildman–Crippen LogP) is 1.65. The van der Waals surface area contributed by atoms with Crippen LogP contribution in [0.25, 0.3) is 0 Å². The van der Waals surface area contributed by atoms with Gasteiger partial charge in [0.05, 0.1) is 18.2 Å². The highest BCUT2D eigenvalue weighted by molar-refractivity contribution is 5.88. The molecule has 0 aliphatic carbocycles. The van der Waals surface area contributed by atoms with Crippen molar-refractivity contribution in [3.63, 3.8) is 0 Å². The Kier molecular flexibility index (Phi) is 3.95. The van der Waals surface area contributed by atoms with Gasteiger partial charge in [-0.3, -0.25) is 0 Å². The lowest BCUT2D eigenvalue weighted by Gasteiger charge is -2.11. The zero-order valence-electron chi connectivity index (χ0n) is 10.5. The lowest BCUT2D eigenvalue weighted by molar-refractivity contribution is 0.0597. The molecule has 20 heavy (non-hydrogen) atoms. The fourth-order valence-electron chi connectivity index (χ4n) is 1.73. The Hall–Kier alpha value is -2.47. The van der Waals surface area contributed by atoms with Gasteiger partial charge in [-0.15, -0.1) is 0 Å². The zero-order chi connectivity index (χ0) is 14.7. The smallest absolute Gasteiger partial charge is 0.341 e. The van der Waals surface area contributed by atoms with Gasteiger partial charge in [0.15, 0.2) is 0 Å². The maximum atomic E-state index is 13.6. The van der Waals surface area contributed by atoms with Crippen LogP contribution >= 0.6 is 0 Å². The molecule has 1 aromatic carbocycles. The van der Waals surface area contributed by atoms with E-state index in [1.165, 1.54) is 25.3 Å². The monoisotopic (exact) mass is 278 g/mol. The molecule has 0 saturated carbocycles. The van der Waals surface area contributed by atoms with E-state index in [4.69, 9.17) is 0 Å². The summed E-state index contributed by atoms with van der Waals surface area (Å²) in [5.74, 6) is -1.39. The average molecular weight is 278 g/mol. The van der Waals surface area contributed by atoms with Crippen molar-refractivity contribution in [2.24, 2.45) is 0 Å². The molecule has 2 aromatic rings. The summed E-state index contributed by atoms with van der Waals surface area (Å²) in [7, 11) is 1.17. The van der Waals surface area contributed by atoms with Crippen molar-refractivity contribution in [2.45, 2.75) is 6.10 Å². The van der Waals surface area contributed by atoms with Crippen LogP contribution in [-0.2, 0) is 4.74 Å². The summed E-state index contributed by atoms with van der Waals surface area (Å²) in [5.41, 5.74) is -1.22. The van der Waals surface area contributed by atoms with E-state index in [0.29, 0.717) is 0 Å². The van der Waals surface area contributed by atoms with Crippen LogP contribution in [0.2, 0.25) is 0 Å². The highest BCUT2D eigenvalue weighted by Gasteiger charge is 2.21. The number of aliphatic hydroxyl groups excluding tert-OH is 1. The summed E-state index contributed by atoms with van der Waals surface area (Å²) in [6.45, 7) is 0. The minimum atomic E-state index is -1.53. The van der Waals surface area contributed by atoms with Crippen molar-refractivity contribution < 1.29 is 23.4 Å². The van der Waals surface area contributed by atoms with Gasteiger partial charge >= 0.3 is 11.6 Å². The number of ether oxygens (including phenoxy) is 1. The predicted molar refractivity (Wildman–Crippen MR) is 66.8 cm³/mol. The van der Waals surface area contributed by atoms with E-state index in [9.17, 15) is 19.1 Å². The molecule has 1 heterocycles. The molecule has 1 atom stereocenters. The first-order valence-electron chi connectivity index (χ1n) is 5.68. The molecule has 6 heteroatoms. The Morgan fingerprint density at radius 2 is 2.05 bits per heavy atom. The minimum Gasteiger partial charge on any atom is -0.465 e. The SMILES string of the molecule is COC(=O)c1coc(=O)c(C(O)c2ccccc2F)c1. The van der Waals surface area contributed by atoms with Gasteiger partial charge in [0.1, 0.15) is 18.2 Å². The van der Waals surface area contributed by atoms with Crippen molar-refractivity contribution in [3.8, 4) is 0 Å². The van der Waals surface area contributed by atoms with E-state index in [2.05, 4.69) is 9.15 Å². The van der Waals surface area contributed by atoms with E-state index >= 15 is 0 Å². The number of esters is 1. The maximum Gasteiger partial charge on any atom is 0.341 e. The van der Waals surface area contributed by atoms with E-state index in [-0.39, 0.29) is 16.7 Å². The Balaban J connectivity index is 2.49. The van der Waals surface area contributed by atoms with Gasteiger partial charge in [0.25, 0.3) is 0 Å². The van der Waals surface area contributed by atoms with Gasteiger partial charge in [0.2, 0.25) is 0 Å². The van der Waals surface area contributed by atoms with Crippen molar-refractivity contribution in [3.05, 3.63) is 69.5 Å². The van der Waals surface area contributed by atoms with Crippen LogP contribution in [0.15, 0.2) is 45.8 Å². The second kappa shape index (κ2) is 5.66. The third-order valence-electron chi connectivity index (χ3n) is 2.76. The number of carbonyl (C=O) groups is 1. The van der Waals surface area contributed by atoms with Gasteiger partial charge in [-0.2, -0.15) is 0 Å². The van der Waals surface area contributed by atoms with E-state index in [0.717, 1.165) is 18.4 Å². The maximum absolute atomic E-state index is 13.6. The molecule has 1 unspecified atom stereocenters. The van der Waals surface area contributed by atoms with Crippen molar-refractivity contribution >= 4 is 5.97 Å². The highest BCUT2D eigenvalue weighted by atomic mass is 19.1. The second-order valence-corrected chi connectivity index (χ2v) is 3.99. The first-order valence-corrected chi connectivity index (χ1v) is 5.68. The van der Waals surface area contributed by atoms with E-state index < -0.39 is 23.5 Å². The summed E-state index contributed by atoms with van der Waals surface area (Å²) in [6.07, 6.45) is -0.608. The first kappa shape index (κ1) is 14.0. The minimum absolute atomic E-state index is 0.0440. The second-order valence-electron chi connectivity index (χ2n) is 3.99. The zero-order valence-corrected chi connectivity index (χ0v) is 10.5. The van der Waals surface area contributed by atoms with Crippen LogP contribution in [0.3, 0.4) is 0 Å². The van der Waals surface area contributed by atoms with Crippen molar-refractivity contribution in [1.82, 2.24) is 0 Å². The molecule has 0 amide bonds. The molecule has 0 saturated heterocycles. The van der Waals surface area contributed by atoms with Gasteiger partial charge in [0, 0.05) is 5.56 Å². The van der Waals surface area contributed by atoms with Gasteiger partial charge in [-0.25, -0.2) is 14.0 Å². The molecule has 2 rings (SSSR count). The topological polar surface area (TPSA) is 76.7 Å². The quantitative estimate of drug-likeness (QED) is 0.864. The third kappa shape index (κ3) is 2.60. The molecule has 1 N–H and O–H groups in total. The molecular weight excluding hydrogens is 267 g/mol. The van der Waals surface area contributed by atoms with Crippen LogP contribution in [0.5, 0.6) is 0 Å². The number of aliphatic hydroxyl groups is 1.